The molecule has 0 radical (unpaired) electrons. The summed E-state index contributed by atoms with van der Waals surface area (Å²) in [4.78, 5) is 9.17. The van der Waals surface area contributed by atoms with Gasteiger partial charge in [-0.25, -0.2) is 9.67 Å². The van der Waals surface area contributed by atoms with Crippen LogP contribution in [0, 0.1) is 0 Å². The number of nitrogens with zero attached hydrogens (tertiary/aromatic N) is 7. The molecule has 1 fully saturated rings. The van der Waals surface area contributed by atoms with Gasteiger partial charge >= 0.3 is 0 Å². The summed E-state index contributed by atoms with van der Waals surface area (Å²) in [5.41, 5.74) is 1.00. The Kier molecular flexibility index (Phi) is 6.00. The summed E-state index contributed by atoms with van der Waals surface area (Å²) in [7, 11) is 0. The summed E-state index contributed by atoms with van der Waals surface area (Å²) in [6.45, 7) is 6.43. The highest BCUT2D eigenvalue weighted by atomic mass is 16.3. The van der Waals surface area contributed by atoms with Crippen LogP contribution in [0.2, 0.25) is 0 Å². The van der Waals surface area contributed by atoms with Crippen molar-refractivity contribution in [3.05, 3.63) is 60.0 Å². The number of rotatable bonds is 7. The molecule has 0 bridgehead atoms. The van der Waals surface area contributed by atoms with E-state index in [1.807, 2.05) is 47.3 Å². The number of benzene rings is 1. The Balaban J connectivity index is 1.59. The smallest absolute Gasteiger partial charge is 0.173 e. The number of hydrogen-bond donors (Lipinski definition) is 1. The number of hydrogen-bond acceptors (Lipinski definition) is 7. The SMILES string of the molecule is CCCCn1nnnc1C(c1cccc(O)c1)N1CCN(c2ccccn2)CC1. The molecule has 1 aliphatic rings. The molecule has 4 rings (SSSR count). The van der Waals surface area contributed by atoms with E-state index in [0.717, 1.165) is 62.8 Å². The predicted octanol–water partition coefficient (Wildman–Crippen LogP) is 2.49. The lowest BCUT2D eigenvalue weighted by atomic mass is 10.0. The molecule has 0 amide bonds. The van der Waals surface area contributed by atoms with Crippen LogP contribution in [0.15, 0.2) is 48.7 Å². The van der Waals surface area contributed by atoms with Crippen molar-refractivity contribution in [2.24, 2.45) is 0 Å². The first kappa shape index (κ1) is 19.3. The van der Waals surface area contributed by atoms with Crippen LogP contribution in [0.4, 0.5) is 5.82 Å². The number of phenolic OH excluding ortho intramolecular Hbond substituents is 1. The van der Waals surface area contributed by atoms with Crippen molar-refractivity contribution < 1.29 is 5.11 Å². The number of piperazine rings is 1. The highest BCUT2D eigenvalue weighted by Crippen LogP contribution is 2.30. The molecule has 0 aliphatic carbocycles. The molecule has 1 aromatic carbocycles. The van der Waals surface area contributed by atoms with Crippen LogP contribution in [0.3, 0.4) is 0 Å². The quantitative estimate of drug-likeness (QED) is 0.660. The summed E-state index contributed by atoms with van der Waals surface area (Å²) in [6, 6.07) is 13.3. The fourth-order valence-corrected chi connectivity index (χ4v) is 3.84. The molecular formula is C21H27N7O. The van der Waals surface area contributed by atoms with Crippen LogP contribution in [0.5, 0.6) is 5.75 Å². The standard InChI is InChI=1S/C21H27N7O/c1-2-3-11-28-21(23-24-25-28)20(17-7-6-8-18(29)16-17)27-14-12-26(13-15-27)19-9-4-5-10-22-19/h4-10,16,20,29H,2-3,11-15H2,1H3. The average Bonchev–Trinajstić information content (AvgIpc) is 3.22. The van der Waals surface area contributed by atoms with Gasteiger partial charge in [-0.05, 0) is 46.7 Å². The van der Waals surface area contributed by atoms with E-state index in [9.17, 15) is 5.11 Å². The largest absolute Gasteiger partial charge is 0.508 e. The third kappa shape index (κ3) is 4.37. The Morgan fingerprint density at radius 2 is 1.93 bits per heavy atom. The molecule has 1 aliphatic heterocycles. The van der Waals surface area contributed by atoms with E-state index in [2.05, 4.69) is 37.2 Å². The highest BCUT2D eigenvalue weighted by molar-refractivity contribution is 5.39. The second-order valence-corrected chi connectivity index (χ2v) is 7.32. The van der Waals surface area contributed by atoms with Crippen molar-refractivity contribution in [1.82, 2.24) is 30.1 Å². The van der Waals surface area contributed by atoms with E-state index >= 15 is 0 Å². The van der Waals surface area contributed by atoms with E-state index in [4.69, 9.17) is 0 Å². The molecule has 0 saturated carbocycles. The summed E-state index contributed by atoms with van der Waals surface area (Å²) in [5, 5.41) is 22.6. The Bertz CT molecular complexity index is 906. The van der Waals surface area contributed by atoms with Crippen molar-refractivity contribution in [3.8, 4) is 5.75 Å². The van der Waals surface area contributed by atoms with Gasteiger partial charge in [0.25, 0.3) is 0 Å². The number of aryl methyl sites for hydroxylation is 1. The van der Waals surface area contributed by atoms with Gasteiger partial charge in [-0.3, -0.25) is 4.90 Å². The maximum atomic E-state index is 10.1. The first-order valence-electron chi connectivity index (χ1n) is 10.2. The highest BCUT2D eigenvalue weighted by Gasteiger charge is 2.31. The van der Waals surface area contributed by atoms with Crippen molar-refractivity contribution in [2.45, 2.75) is 32.4 Å². The van der Waals surface area contributed by atoms with Gasteiger partial charge in [0.2, 0.25) is 0 Å². The maximum Gasteiger partial charge on any atom is 0.173 e. The van der Waals surface area contributed by atoms with Crippen molar-refractivity contribution in [3.63, 3.8) is 0 Å². The van der Waals surface area contributed by atoms with Crippen LogP contribution >= 0.6 is 0 Å². The van der Waals surface area contributed by atoms with E-state index in [0.29, 0.717) is 0 Å². The van der Waals surface area contributed by atoms with Gasteiger partial charge in [0.05, 0.1) is 6.04 Å². The van der Waals surface area contributed by atoms with Gasteiger partial charge in [0.1, 0.15) is 11.6 Å². The zero-order valence-electron chi connectivity index (χ0n) is 16.7. The Labute approximate surface area is 170 Å². The number of anilines is 1. The molecule has 1 unspecified atom stereocenters. The fourth-order valence-electron chi connectivity index (χ4n) is 3.84. The zero-order valence-corrected chi connectivity index (χ0v) is 16.7. The van der Waals surface area contributed by atoms with Gasteiger partial charge in [0.15, 0.2) is 5.82 Å². The summed E-state index contributed by atoms with van der Waals surface area (Å²) in [5.74, 6) is 2.09. The van der Waals surface area contributed by atoms with Crippen LogP contribution in [0.1, 0.15) is 37.2 Å². The average molecular weight is 393 g/mol. The van der Waals surface area contributed by atoms with Gasteiger partial charge in [-0.15, -0.1) is 5.10 Å². The number of pyridine rings is 1. The Morgan fingerprint density at radius 3 is 2.66 bits per heavy atom. The minimum absolute atomic E-state index is 0.0974. The molecule has 3 aromatic rings. The molecule has 8 nitrogen and oxygen atoms in total. The zero-order chi connectivity index (χ0) is 20.1. The number of unbranched alkanes of at least 4 members (excludes halogenated alkanes) is 1. The number of aromatic nitrogens is 5. The van der Waals surface area contributed by atoms with Gasteiger partial charge in [-0.2, -0.15) is 0 Å². The molecule has 1 atom stereocenters. The third-order valence-corrected chi connectivity index (χ3v) is 5.37. The van der Waals surface area contributed by atoms with Crippen LogP contribution < -0.4 is 4.90 Å². The van der Waals surface area contributed by atoms with Gasteiger partial charge < -0.3 is 10.0 Å². The lowest BCUT2D eigenvalue weighted by Gasteiger charge is -2.39. The molecule has 0 spiro atoms. The van der Waals surface area contributed by atoms with Crippen LogP contribution in [-0.4, -0.2) is 61.4 Å². The predicted molar refractivity (Wildman–Crippen MR) is 111 cm³/mol. The second-order valence-electron chi connectivity index (χ2n) is 7.32. The summed E-state index contributed by atoms with van der Waals surface area (Å²) >= 11 is 0. The topological polar surface area (TPSA) is 83.2 Å². The minimum Gasteiger partial charge on any atom is -0.508 e. The van der Waals surface area contributed by atoms with E-state index < -0.39 is 0 Å². The molecule has 8 heteroatoms. The van der Waals surface area contributed by atoms with Crippen molar-refractivity contribution >= 4 is 5.82 Å². The minimum atomic E-state index is -0.0974. The molecule has 3 heterocycles. The second kappa shape index (κ2) is 9.00. The first-order chi connectivity index (χ1) is 14.3. The normalized spacial score (nSPS) is 16.1. The van der Waals surface area contributed by atoms with E-state index in [-0.39, 0.29) is 11.8 Å². The molecule has 1 saturated heterocycles. The molecule has 1 N–H and O–H groups in total. The monoisotopic (exact) mass is 393 g/mol. The molecule has 152 valence electrons. The Morgan fingerprint density at radius 1 is 1.07 bits per heavy atom. The number of aromatic hydroxyl groups is 1. The van der Waals surface area contributed by atoms with Gasteiger partial charge in [-0.1, -0.05) is 31.5 Å². The number of tetrazole rings is 1. The fraction of sp³-hybridized carbons (Fsp3) is 0.429. The van der Waals surface area contributed by atoms with Crippen molar-refractivity contribution in [1.29, 1.82) is 0 Å². The lowest BCUT2D eigenvalue weighted by molar-refractivity contribution is 0.200. The lowest BCUT2D eigenvalue weighted by Crippen LogP contribution is -2.48. The summed E-state index contributed by atoms with van der Waals surface area (Å²) in [6.07, 6.45) is 3.94. The van der Waals surface area contributed by atoms with Crippen LogP contribution in [0.25, 0.3) is 0 Å². The van der Waals surface area contributed by atoms with Crippen molar-refractivity contribution in [2.75, 3.05) is 31.1 Å². The molecular weight excluding hydrogens is 366 g/mol. The maximum absolute atomic E-state index is 10.1. The number of phenols is 1. The van der Waals surface area contributed by atoms with Gasteiger partial charge in [0, 0.05) is 38.9 Å². The van der Waals surface area contributed by atoms with E-state index in [1.165, 1.54) is 0 Å². The Hall–Kier alpha value is -3.00. The first-order valence-corrected chi connectivity index (χ1v) is 10.2. The molecule has 29 heavy (non-hydrogen) atoms. The summed E-state index contributed by atoms with van der Waals surface area (Å²) < 4.78 is 1.91. The third-order valence-electron chi connectivity index (χ3n) is 5.37. The molecule has 2 aromatic heterocycles. The van der Waals surface area contributed by atoms with Crippen LogP contribution in [-0.2, 0) is 6.54 Å². The van der Waals surface area contributed by atoms with E-state index in [1.54, 1.807) is 6.07 Å².